The van der Waals surface area contributed by atoms with Crippen LogP contribution in [0.15, 0.2) is 6.20 Å². The molecule has 0 amide bonds. The minimum absolute atomic E-state index is 0. The number of aromatic amines is 1. The monoisotopic (exact) mass is 251 g/mol. The number of nitrogens with one attached hydrogen (secondary N) is 1. The predicted molar refractivity (Wildman–Crippen MR) is 49.8 cm³/mol. The van der Waals surface area contributed by atoms with Crippen LogP contribution >= 0.6 is 0 Å². The van der Waals surface area contributed by atoms with Gasteiger partial charge in [-0.05, 0) is 12.4 Å². The molecule has 0 bridgehead atoms. The van der Waals surface area contributed by atoms with Crippen LogP contribution in [0.2, 0.25) is 0 Å². The Morgan fingerprint density at radius 1 is 1.50 bits per heavy atom. The second-order valence-corrected chi connectivity index (χ2v) is 3.05. The first kappa shape index (κ1) is 13.9. The van der Waals surface area contributed by atoms with E-state index in [2.05, 4.69) is 26.5 Å². The first-order valence-electron chi connectivity index (χ1n) is 4.25. The van der Waals surface area contributed by atoms with Gasteiger partial charge >= 0.3 is 51.4 Å². The number of aromatic nitrogens is 4. The summed E-state index contributed by atoms with van der Waals surface area (Å²) in [5.41, 5.74) is 0.487. The molecule has 2 heterocycles. The molecule has 0 aliphatic heterocycles. The van der Waals surface area contributed by atoms with Gasteiger partial charge < -0.3 is 20.0 Å². The Kier molecular flexibility index (Phi) is 5.18. The predicted octanol–water partition coefficient (Wildman–Crippen LogP) is -2.14. The Morgan fingerprint density at radius 2 is 2.25 bits per heavy atom. The van der Waals surface area contributed by atoms with Crippen molar-refractivity contribution in [1.82, 2.24) is 20.2 Å². The number of H-pyrrole nitrogens is 1. The van der Waals surface area contributed by atoms with Gasteiger partial charge in [0.25, 0.3) is 6.43 Å². The first-order chi connectivity index (χ1) is 7.18. The molecule has 0 aliphatic carbocycles. The largest absolute Gasteiger partial charge is 1.00 e. The molecule has 0 unspecified atom stereocenters. The van der Waals surface area contributed by atoms with Crippen LogP contribution in [0.4, 0.5) is 14.6 Å². The van der Waals surface area contributed by atoms with Crippen LogP contribution in [0, 0.1) is 6.33 Å². The molecular weight excluding hydrogens is 243 g/mol. The molecule has 2 rings (SSSR count). The first-order valence-corrected chi connectivity index (χ1v) is 4.25. The van der Waals surface area contributed by atoms with Crippen molar-refractivity contribution in [2.24, 2.45) is 0 Å². The van der Waals surface area contributed by atoms with Crippen LogP contribution < -0.4 is 56.3 Å². The van der Waals surface area contributed by atoms with Gasteiger partial charge in [0.1, 0.15) is 0 Å². The van der Waals surface area contributed by atoms with Crippen LogP contribution in [0.3, 0.4) is 0 Å². The fourth-order valence-corrected chi connectivity index (χ4v) is 1.30. The Morgan fingerprint density at radius 3 is 2.94 bits per heavy atom. The minimum atomic E-state index is -2.41. The number of hydrogen-bond acceptors (Lipinski definition) is 4. The SMILES string of the molecule is CN(CC(F)F)c1n[c-]nc2[nH]ncc12.[K+]. The van der Waals surface area contributed by atoms with E-state index in [4.69, 9.17) is 0 Å². The maximum atomic E-state index is 12.2. The molecule has 8 heteroatoms. The van der Waals surface area contributed by atoms with E-state index >= 15 is 0 Å². The smallest absolute Gasteiger partial charge is 0.406 e. The zero-order chi connectivity index (χ0) is 10.8. The molecule has 5 nitrogen and oxygen atoms in total. The molecule has 0 radical (unpaired) electrons. The summed E-state index contributed by atoms with van der Waals surface area (Å²) in [5.74, 6) is 0.397. The van der Waals surface area contributed by atoms with Crippen molar-refractivity contribution in [3.05, 3.63) is 12.5 Å². The van der Waals surface area contributed by atoms with E-state index in [1.165, 1.54) is 18.1 Å². The summed E-state index contributed by atoms with van der Waals surface area (Å²) < 4.78 is 24.4. The van der Waals surface area contributed by atoms with Crippen molar-refractivity contribution in [2.45, 2.75) is 6.43 Å². The van der Waals surface area contributed by atoms with Crippen LogP contribution in [-0.2, 0) is 0 Å². The third-order valence-electron chi connectivity index (χ3n) is 1.95. The Hall–Kier alpha value is -0.154. The molecule has 0 atom stereocenters. The van der Waals surface area contributed by atoms with Crippen LogP contribution in [0.1, 0.15) is 0 Å². The van der Waals surface area contributed by atoms with E-state index in [0.717, 1.165) is 0 Å². The van der Waals surface area contributed by atoms with Crippen molar-refractivity contribution in [3.8, 4) is 0 Å². The fraction of sp³-hybridized carbons (Fsp3) is 0.375. The number of fused-ring (bicyclic) bond motifs is 1. The molecule has 0 spiro atoms. The topological polar surface area (TPSA) is 57.7 Å². The zero-order valence-electron chi connectivity index (χ0n) is 8.91. The number of alkyl halides is 2. The van der Waals surface area contributed by atoms with Gasteiger partial charge in [0.2, 0.25) is 0 Å². The van der Waals surface area contributed by atoms with Gasteiger partial charge in [0.15, 0.2) is 0 Å². The molecule has 0 aromatic carbocycles. The molecule has 0 saturated heterocycles. The average Bonchev–Trinajstić information content (AvgIpc) is 2.63. The number of anilines is 1. The Bertz CT molecular complexity index is 460. The molecule has 1 N–H and O–H groups in total. The van der Waals surface area contributed by atoms with E-state index in [1.807, 2.05) is 0 Å². The second kappa shape index (κ2) is 5.96. The summed E-state index contributed by atoms with van der Waals surface area (Å²) in [5, 5.41) is 6.99. The van der Waals surface area contributed by atoms with Crippen LogP contribution in [0.5, 0.6) is 0 Å². The van der Waals surface area contributed by atoms with Crippen molar-refractivity contribution >= 4 is 16.9 Å². The van der Waals surface area contributed by atoms with Gasteiger partial charge in [-0.1, -0.05) is 0 Å². The van der Waals surface area contributed by atoms with Crippen LogP contribution in [0.25, 0.3) is 11.0 Å². The molecule has 80 valence electrons. The van der Waals surface area contributed by atoms with Crippen LogP contribution in [-0.4, -0.2) is 40.2 Å². The maximum Gasteiger partial charge on any atom is 1.00 e. The van der Waals surface area contributed by atoms with E-state index in [1.54, 1.807) is 0 Å². The van der Waals surface area contributed by atoms with E-state index in [0.29, 0.717) is 16.9 Å². The number of nitrogens with zero attached hydrogens (tertiary/aromatic N) is 4. The summed E-state index contributed by atoms with van der Waals surface area (Å²) in [6.45, 7) is -0.384. The maximum absolute atomic E-state index is 12.2. The van der Waals surface area contributed by atoms with E-state index < -0.39 is 6.43 Å². The Balaban J connectivity index is 0.00000128. The fourth-order valence-electron chi connectivity index (χ4n) is 1.30. The molecule has 0 saturated carbocycles. The molecule has 0 aliphatic rings. The number of rotatable bonds is 3. The van der Waals surface area contributed by atoms with Gasteiger partial charge in [0, 0.05) is 24.0 Å². The van der Waals surface area contributed by atoms with Gasteiger partial charge in [-0.15, -0.1) is 0 Å². The van der Waals surface area contributed by atoms with Gasteiger partial charge in [0.05, 0.1) is 6.54 Å². The third-order valence-corrected chi connectivity index (χ3v) is 1.95. The molecular formula is C8H8F2KN5. The van der Waals surface area contributed by atoms with Gasteiger partial charge in [-0.2, -0.15) is 5.10 Å². The minimum Gasteiger partial charge on any atom is -0.406 e. The summed E-state index contributed by atoms with van der Waals surface area (Å²) in [4.78, 5) is 8.97. The number of halogens is 2. The zero-order valence-corrected chi connectivity index (χ0v) is 12.0. The van der Waals surface area contributed by atoms with Gasteiger partial charge in [-0.3, -0.25) is 0 Å². The van der Waals surface area contributed by atoms with Crippen molar-refractivity contribution in [2.75, 3.05) is 18.5 Å². The van der Waals surface area contributed by atoms with Crippen molar-refractivity contribution < 1.29 is 60.2 Å². The molecule has 16 heavy (non-hydrogen) atoms. The summed E-state index contributed by atoms with van der Waals surface area (Å²) >= 11 is 0. The van der Waals surface area contributed by atoms with Crippen molar-refractivity contribution in [1.29, 1.82) is 0 Å². The molecule has 2 aromatic heterocycles. The van der Waals surface area contributed by atoms with E-state index in [9.17, 15) is 8.78 Å². The standard InChI is InChI=1S/C8H8F2N5.K/c1-15(3-6(9)10)8-5-2-13-14-7(5)11-4-12-8;/h2,6H,3H2,1H3,(H,11,12,13,14);/q-1;+1. The Labute approximate surface area is 133 Å². The number of hydrogen-bond donors (Lipinski definition) is 1. The summed E-state index contributed by atoms with van der Waals surface area (Å²) in [6, 6.07) is 0. The second-order valence-electron chi connectivity index (χ2n) is 3.05. The average molecular weight is 251 g/mol. The van der Waals surface area contributed by atoms with Gasteiger partial charge in [-0.25, -0.2) is 8.78 Å². The van der Waals surface area contributed by atoms with Crippen molar-refractivity contribution in [3.63, 3.8) is 0 Å². The summed E-state index contributed by atoms with van der Waals surface area (Å²) in [7, 11) is 1.54. The normalized spacial score (nSPS) is 10.5. The third kappa shape index (κ3) is 2.95. The molecule has 2 aromatic rings. The molecule has 0 fully saturated rings. The van der Waals surface area contributed by atoms with E-state index in [-0.39, 0.29) is 57.9 Å². The summed E-state index contributed by atoms with van der Waals surface area (Å²) in [6.07, 6.45) is 1.48. The quantitative estimate of drug-likeness (QED) is 0.499.